The van der Waals surface area contributed by atoms with Gasteiger partial charge in [-0.2, -0.15) is 0 Å². The van der Waals surface area contributed by atoms with Crippen molar-refractivity contribution in [1.29, 1.82) is 0 Å². The summed E-state index contributed by atoms with van der Waals surface area (Å²) < 4.78 is 32.5. The fourth-order valence-electron chi connectivity index (χ4n) is 2.11. The SMILES string of the molecule is CC(C)COc1ccc(S(=O)(=O)NCC2(N)CCC2)cc1.Cl. The van der Waals surface area contributed by atoms with Crippen LogP contribution in [0.5, 0.6) is 5.75 Å². The third-order valence-electron chi connectivity index (χ3n) is 3.68. The smallest absolute Gasteiger partial charge is 0.240 e. The summed E-state index contributed by atoms with van der Waals surface area (Å²) in [5.74, 6) is 1.11. The molecular weight excluding hydrogens is 324 g/mol. The van der Waals surface area contributed by atoms with E-state index in [4.69, 9.17) is 10.5 Å². The van der Waals surface area contributed by atoms with Gasteiger partial charge in [-0.25, -0.2) is 13.1 Å². The standard InChI is InChI=1S/C15H24N2O3S.ClH/c1-12(2)10-20-13-4-6-14(7-5-13)21(18,19)17-11-15(16)8-3-9-15;/h4-7,12,17H,3,8-11,16H2,1-2H3;1H. The van der Waals surface area contributed by atoms with Gasteiger partial charge in [0.1, 0.15) is 5.75 Å². The highest BCUT2D eigenvalue weighted by atomic mass is 35.5. The predicted molar refractivity (Wildman–Crippen MR) is 90.0 cm³/mol. The van der Waals surface area contributed by atoms with Crippen molar-refractivity contribution in [3.63, 3.8) is 0 Å². The van der Waals surface area contributed by atoms with Crippen LogP contribution in [0.4, 0.5) is 0 Å². The van der Waals surface area contributed by atoms with Crippen molar-refractivity contribution in [1.82, 2.24) is 4.72 Å². The lowest BCUT2D eigenvalue weighted by Gasteiger charge is -2.37. The molecule has 5 nitrogen and oxygen atoms in total. The van der Waals surface area contributed by atoms with E-state index in [-0.39, 0.29) is 22.8 Å². The molecule has 1 saturated carbocycles. The second-order valence-electron chi connectivity index (χ2n) is 6.22. The number of hydrogen-bond donors (Lipinski definition) is 2. The van der Waals surface area contributed by atoms with Crippen LogP contribution in [0.2, 0.25) is 0 Å². The van der Waals surface area contributed by atoms with Gasteiger partial charge in [-0.1, -0.05) is 13.8 Å². The number of nitrogens with two attached hydrogens (primary N) is 1. The third kappa shape index (κ3) is 5.12. The zero-order chi connectivity index (χ0) is 15.5. The van der Waals surface area contributed by atoms with Gasteiger partial charge < -0.3 is 10.5 Å². The van der Waals surface area contributed by atoms with Crippen molar-refractivity contribution in [3.05, 3.63) is 24.3 Å². The Morgan fingerprint density at radius 1 is 1.27 bits per heavy atom. The number of hydrogen-bond acceptors (Lipinski definition) is 4. The summed E-state index contributed by atoms with van der Waals surface area (Å²) in [4.78, 5) is 0.238. The van der Waals surface area contributed by atoms with Gasteiger partial charge in [-0.3, -0.25) is 0 Å². The van der Waals surface area contributed by atoms with E-state index in [1.54, 1.807) is 24.3 Å². The van der Waals surface area contributed by atoms with Gasteiger partial charge >= 0.3 is 0 Å². The highest BCUT2D eigenvalue weighted by Gasteiger charge is 2.33. The fraction of sp³-hybridized carbons (Fsp3) is 0.600. The highest BCUT2D eigenvalue weighted by Crippen LogP contribution is 2.28. The Morgan fingerprint density at radius 2 is 1.86 bits per heavy atom. The lowest BCUT2D eigenvalue weighted by atomic mass is 9.78. The molecule has 1 fully saturated rings. The summed E-state index contributed by atoms with van der Waals surface area (Å²) in [5, 5.41) is 0. The summed E-state index contributed by atoms with van der Waals surface area (Å²) in [6.07, 6.45) is 2.81. The van der Waals surface area contributed by atoms with Crippen molar-refractivity contribution in [3.8, 4) is 5.75 Å². The summed E-state index contributed by atoms with van der Waals surface area (Å²) in [5.41, 5.74) is 5.67. The second kappa shape index (κ2) is 7.64. The second-order valence-corrected chi connectivity index (χ2v) is 7.98. The molecule has 0 bridgehead atoms. The van der Waals surface area contributed by atoms with Gasteiger partial charge in [-0.05, 0) is 49.4 Å². The van der Waals surface area contributed by atoms with E-state index < -0.39 is 10.0 Å². The molecule has 2 rings (SSSR count). The van der Waals surface area contributed by atoms with E-state index in [2.05, 4.69) is 18.6 Å². The maximum atomic E-state index is 12.2. The molecule has 0 amide bonds. The van der Waals surface area contributed by atoms with Gasteiger partial charge in [0, 0.05) is 12.1 Å². The number of sulfonamides is 1. The Balaban J connectivity index is 0.00000242. The largest absolute Gasteiger partial charge is 0.493 e. The summed E-state index contributed by atoms with van der Waals surface area (Å²) in [7, 11) is -3.50. The number of ether oxygens (including phenoxy) is 1. The quantitative estimate of drug-likeness (QED) is 0.792. The zero-order valence-corrected chi connectivity index (χ0v) is 14.7. The summed E-state index contributed by atoms with van der Waals surface area (Å²) in [6.45, 7) is 5.03. The van der Waals surface area contributed by atoms with Crippen LogP contribution in [0.1, 0.15) is 33.1 Å². The Hall–Kier alpha value is -0.820. The number of halogens is 1. The van der Waals surface area contributed by atoms with Crippen LogP contribution in [0.25, 0.3) is 0 Å². The average Bonchev–Trinajstić information content (AvgIpc) is 2.41. The van der Waals surface area contributed by atoms with Gasteiger partial charge in [0.15, 0.2) is 0 Å². The predicted octanol–water partition coefficient (Wildman–Crippen LogP) is 2.30. The molecule has 3 N–H and O–H groups in total. The summed E-state index contributed by atoms with van der Waals surface area (Å²) in [6, 6.07) is 6.47. The molecule has 0 atom stereocenters. The van der Waals surface area contributed by atoms with Crippen LogP contribution in [0, 0.1) is 5.92 Å². The molecule has 0 saturated heterocycles. The summed E-state index contributed by atoms with van der Waals surface area (Å²) >= 11 is 0. The fourth-order valence-corrected chi connectivity index (χ4v) is 3.25. The first-order valence-electron chi connectivity index (χ1n) is 7.32. The molecule has 0 spiro atoms. The first kappa shape index (κ1) is 19.2. The van der Waals surface area contributed by atoms with E-state index in [1.165, 1.54) is 0 Å². The molecule has 7 heteroatoms. The molecule has 22 heavy (non-hydrogen) atoms. The first-order chi connectivity index (χ1) is 9.81. The molecule has 0 unspecified atom stereocenters. The third-order valence-corrected chi connectivity index (χ3v) is 5.10. The van der Waals surface area contributed by atoms with E-state index in [1.807, 2.05) is 0 Å². The molecule has 1 aliphatic carbocycles. The minimum Gasteiger partial charge on any atom is -0.493 e. The van der Waals surface area contributed by atoms with E-state index in [9.17, 15) is 8.42 Å². The van der Waals surface area contributed by atoms with Crippen LogP contribution in [0.15, 0.2) is 29.2 Å². The van der Waals surface area contributed by atoms with Crippen LogP contribution in [0.3, 0.4) is 0 Å². The Kier molecular flexibility index (Phi) is 6.67. The molecule has 1 aromatic rings. The lowest BCUT2D eigenvalue weighted by molar-refractivity contribution is 0.251. The average molecular weight is 349 g/mol. The van der Waals surface area contributed by atoms with Crippen LogP contribution in [-0.4, -0.2) is 27.1 Å². The topological polar surface area (TPSA) is 81.4 Å². The molecule has 1 aromatic carbocycles. The number of rotatable bonds is 7. The zero-order valence-electron chi connectivity index (χ0n) is 13.0. The Morgan fingerprint density at radius 3 is 2.32 bits per heavy atom. The Labute approximate surface area is 139 Å². The Bertz CT molecular complexity index is 569. The van der Waals surface area contributed by atoms with Crippen molar-refractivity contribution in [2.24, 2.45) is 11.7 Å². The van der Waals surface area contributed by atoms with Gasteiger partial charge in [0.2, 0.25) is 10.0 Å². The molecule has 1 aliphatic rings. The van der Waals surface area contributed by atoms with Gasteiger partial charge in [-0.15, -0.1) is 12.4 Å². The van der Waals surface area contributed by atoms with E-state index in [0.29, 0.717) is 24.8 Å². The van der Waals surface area contributed by atoms with Crippen molar-refractivity contribution >= 4 is 22.4 Å². The van der Waals surface area contributed by atoms with Gasteiger partial charge in [0.05, 0.1) is 11.5 Å². The molecule has 0 aromatic heterocycles. The molecule has 0 aliphatic heterocycles. The van der Waals surface area contributed by atoms with Gasteiger partial charge in [0.25, 0.3) is 0 Å². The minimum absolute atomic E-state index is 0. The number of benzene rings is 1. The van der Waals surface area contributed by atoms with Crippen LogP contribution in [-0.2, 0) is 10.0 Å². The van der Waals surface area contributed by atoms with Crippen LogP contribution < -0.4 is 15.2 Å². The van der Waals surface area contributed by atoms with Crippen molar-refractivity contribution in [2.45, 2.75) is 43.5 Å². The molecular formula is C15H25ClN2O3S. The normalized spacial score (nSPS) is 16.7. The van der Waals surface area contributed by atoms with Crippen LogP contribution >= 0.6 is 12.4 Å². The monoisotopic (exact) mass is 348 g/mol. The van der Waals surface area contributed by atoms with E-state index in [0.717, 1.165) is 19.3 Å². The molecule has 126 valence electrons. The molecule has 0 radical (unpaired) electrons. The van der Waals surface area contributed by atoms with Crippen molar-refractivity contribution < 1.29 is 13.2 Å². The minimum atomic E-state index is -3.50. The maximum Gasteiger partial charge on any atom is 0.240 e. The van der Waals surface area contributed by atoms with Crippen molar-refractivity contribution in [2.75, 3.05) is 13.2 Å². The first-order valence-corrected chi connectivity index (χ1v) is 8.80. The lowest BCUT2D eigenvalue weighted by Crippen LogP contribution is -2.54. The number of nitrogens with one attached hydrogen (secondary N) is 1. The van der Waals surface area contributed by atoms with E-state index >= 15 is 0 Å². The molecule has 0 heterocycles. The maximum absolute atomic E-state index is 12.2. The highest BCUT2D eigenvalue weighted by molar-refractivity contribution is 7.89.